The third kappa shape index (κ3) is 4.80. The predicted octanol–water partition coefficient (Wildman–Crippen LogP) is 5.01. The molecule has 0 bridgehead atoms. The van der Waals surface area contributed by atoms with E-state index in [1.165, 1.54) is 0 Å². The lowest BCUT2D eigenvalue weighted by Gasteiger charge is -2.07. The number of ether oxygens (including phenoxy) is 1. The van der Waals surface area contributed by atoms with E-state index >= 15 is 0 Å². The van der Waals surface area contributed by atoms with Crippen LogP contribution in [-0.4, -0.2) is 21.1 Å². The average molecular weight is 387 g/mol. The number of benzene rings is 2. The molecule has 7 heteroatoms. The van der Waals surface area contributed by atoms with Gasteiger partial charge in [-0.2, -0.15) is 14.9 Å². The number of aromatic amines is 1. The number of nitrogens with one attached hydrogen (secondary N) is 1. The molecule has 0 aliphatic heterocycles. The molecule has 1 heterocycles. The number of H-pyrrole nitrogens is 1. The molecule has 1 N–H and O–H groups in total. The molecule has 0 saturated heterocycles. The largest absolute Gasteiger partial charge is 0.489 e. The van der Waals surface area contributed by atoms with Crippen LogP contribution in [0.5, 0.6) is 5.75 Å². The van der Waals surface area contributed by atoms with E-state index in [0.717, 1.165) is 35.5 Å². The van der Waals surface area contributed by atoms with E-state index in [1.54, 1.807) is 10.9 Å². The Balaban J connectivity index is 1.70. The van der Waals surface area contributed by atoms with Crippen LogP contribution >= 0.6 is 23.8 Å². The molecule has 0 aliphatic carbocycles. The van der Waals surface area contributed by atoms with E-state index in [0.29, 0.717) is 16.4 Å². The number of halogens is 1. The molecule has 26 heavy (non-hydrogen) atoms. The van der Waals surface area contributed by atoms with Crippen LogP contribution in [0.1, 0.15) is 30.3 Å². The summed E-state index contributed by atoms with van der Waals surface area (Å²) in [7, 11) is 0. The highest BCUT2D eigenvalue weighted by atomic mass is 35.5. The first-order valence-corrected chi connectivity index (χ1v) is 9.12. The van der Waals surface area contributed by atoms with Crippen LogP contribution in [0.25, 0.3) is 0 Å². The van der Waals surface area contributed by atoms with Gasteiger partial charge in [0.25, 0.3) is 0 Å². The van der Waals surface area contributed by atoms with Crippen molar-refractivity contribution in [3.63, 3.8) is 0 Å². The van der Waals surface area contributed by atoms with Crippen LogP contribution in [0.3, 0.4) is 0 Å². The summed E-state index contributed by atoms with van der Waals surface area (Å²) in [5, 5.41) is 12.1. The maximum absolute atomic E-state index is 5.90. The van der Waals surface area contributed by atoms with Gasteiger partial charge in [-0.1, -0.05) is 42.8 Å². The molecule has 1 aromatic heterocycles. The van der Waals surface area contributed by atoms with Gasteiger partial charge in [-0.25, -0.2) is 0 Å². The summed E-state index contributed by atoms with van der Waals surface area (Å²) in [6.45, 7) is 2.57. The minimum absolute atomic E-state index is 0.477. The lowest BCUT2D eigenvalue weighted by atomic mass is 10.2. The van der Waals surface area contributed by atoms with Crippen molar-refractivity contribution in [1.29, 1.82) is 0 Å². The van der Waals surface area contributed by atoms with Crippen molar-refractivity contribution in [2.75, 3.05) is 0 Å². The van der Waals surface area contributed by atoms with E-state index in [-0.39, 0.29) is 0 Å². The van der Waals surface area contributed by atoms with Crippen molar-refractivity contribution in [2.45, 2.75) is 26.4 Å². The molecule has 3 rings (SSSR count). The van der Waals surface area contributed by atoms with Gasteiger partial charge in [0.05, 0.1) is 6.21 Å². The summed E-state index contributed by atoms with van der Waals surface area (Å²) in [5.74, 6) is 1.59. The first-order valence-electron chi connectivity index (χ1n) is 8.33. The van der Waals surface area contributed by atoms with E-state index in [4.69, 9.17) is 28.6 Å². The van der Waals surface area contributed by atoms with Crippen LogP contribution in [-0.2, 0) is 13.0 Å². The average Bonchev–Trinajstić information content (AvgIpc) is 3.00. The standard InChI is InChI=1S/C19H19ClN4OS/c1-2-4-18-22-23-19(26)24(18)21-12-15-5-3-6-17(11-15)25-13-14-7-9-16(20)10-8-14/h3,5-12H,2,4,13H2,1H3,(H,23,26)/b21-12-. The Morgan fingerprint density at radius 1 is 1.27 bits per heavy atom. The number of nitrogens with zero attached hydrogens (tertiary/aromatic N) is 3. The first kappa shape index (κ1) is 18.4. The molecular formula is C19H19ClN4OS. The summed E-state index contributed by atoms with van der Waals surface area (Å²) < 4.78 is 7.98. The Bertz CT molecular complexity index is 947. The van der Waals surface area contributed by atoms with E-state index in [9.17, 15) is 0 Å². The zero-order chi connectivity index (χ0) is 18.4. The highest BCUT2D eigenvalue weighted by Gasteiger charge is 2.03. The number of rotatable bonds is 7. The molecule has 3 aromatic rings. The maximum atomic E-state index is 5.90. The van der Waals surface area contributed by atoms with E-state index in [2.05, 4.69) is 22.2 Å². The summed E-state index contributed by atoms with van der Waals surface area (Å²) in [5.41, 5.74) is 1.98. The highest BCUT2D eigenvalue weighted by Crippen LogP contribution is 2.16. The van der Waals surface area contributed by atoms with Crippen LogP contribution in [0.15, 0.2) is 53.6 Å². The van der Waals surface area contributed by atoms with Crippen molar-refractivity contribution in [3.05, 3.63) is 75.3 Å². The van der Waals surface area contributed by atoms with Crippen molar-refractivity contribution >= 4 is 30.0 Å². The first-order chi connectivity index (χ1) is 12.7. The number of aromatic nitrogens is 3. The molecule has 0 aliphatic rings. The van der Waals surface area contributed by atoms with Gasteiger partial charge in [-0.3, -0.25) is 5.10 Å². The molecule has 134 valence electrons. The molecule has 0 unspecified atom stereocenters. The maximum Gasteiger partial charge on any atom is 0.216 e. The summed E-state index contributed by atoms with van der Waals surface area (Å²) in [6, 6.07) is 15.3. The predicted molar refractivity (Wildman–Crippen MR) is 107 cm³/mol. The minimum Gasteiger partial charge on any atom is -0.489 e. The second-order valence-electron chi connectivity index (χ2n) is 5.74. The van der Waals surface area contributed by atoms with Gasteiger partial charge < -0.3 is 4.74 Å². The van der Waals surface area contributed by atoms with E-state index in [1.807, 2.05) is 48.5 Å². The summed E-state index contributed by atoms with van der Waals surface area (Å²) in [4.78, 5) is 0. The summed E-state index contributed by atoms with van der Waals surface area (Å²) in [6.07, 6.45) is 3.54. The fourth-order valence-corrected chi connectivity index (χ4v) is 2.71. The Morgan fingerprint density at radius 3 is 2.85 bits per heavy atom. The zero-order valence-electron chi connectivity index (χ0n) is 14.4. The Morgan fingerprint density at radius 2 is 2.08 bits per heavy atom. The monoisotopic (exact) mass is 386 g/mol. The van der Waals surface area contributed by atoms with Crippen LogP contribution in [0.2, 0.25) is 5.02 Å². The SMILES string of the molecule is CCCc1n[nH]c(=S)n1/N=C\c1cccc(OCc2ccc(Cl)cc2)c1. The van der Waals surface area contributed by atoms with Gasteiger partial charge in [-0.05, 0) is 54.0 Å². The zero-order valence-corrected chi connectivity index (χ0v) is 15.9. The summed E-state index contributed by atoms with van der Waals surface area (Å²) >= 11 is 11.1. The van der Waals surface area contributed by atoms with Crippen molar-refractivity contribution in [3.8, 4) is 5.75 Å². The van der Waals surface area contributed by atoms with E-state index < -0.39 is 0 Å². The molecule has 0 atom stereocenters. The van der Waals surface area contributed by atoms with Crippen LogP contribution in [0, 0.1) is 4.77 Å². The lowest BCUT2D eigenvalue weighted by Crippen LogP contribution is -1.99. The Labute approximate surface area is 162 Å². The van der Waals surface area contributed by atoms with Crippen molar-refractivity contribution in [1.82, 2.24) is 14.9 Å². The quantitative estimate of drug-likeness (QED) is 0.458. The lowest BCUT2D eigenvalue weighted by molar-refractivity contribution is 0.306. The number of hydrogen-bond donors (Lipinski definition) is 1. The fourth-order valence-electron chi connectivity index (χ4n) is 2.39. The number of aryl methyl sites for hydroxylation is 1. The van der Waals surface area contributed by atoms with Gasteiger partial charge in [0.15, 0.2) is 5.82 Å². The smallest absolute Gasteiger partial charge is 0.216 e. The molecule has 2 aromatic carbocycles. The van der Waals surface area contributed by atoms with Gasteiger partial charge in [0.2, 0.25) is 4.77 Å². The highest BCUT2D eigenvalue weighted by molar-refractivity contribution is 7.71. The second kappa shape index (κ2) is 8.78. The second-order valence-corrected chi connectivity index (χ2v) is 6.56. The van der Waals surface area contributed by atoms with Crippen LogP contribution in [0.4, 0.5) is 0 Å². The molecule has 0 radical (unpaired) electrons. The third-order valence-corrected chi connectivity index (χ3v) is 4.21. The van der Waals surface area contributed by atoms with Crippen molar-refractivity contribution in [2.24, 2.45) is 5.10 Å². The number of hydrogen-bond acceptors (Lipinski definition) is 4. The minimum atomic E-state index is 0.477. The molecule has 0 spiro atoms. The van der Waals surface area contributed by atoms with Gasteiger partial charge in [0, 0.05) is 11.4 Å². The molecule has 5 nitrogen and oxygen atoms in total. The molecule has 0 amide bonds. The van der Waals surface area contributed by atoms with Gasteiger partial charge in [0.1, 0.15) is 12.4 Å². The Kier molecular flexibility index (Phi) is 6.20. The molecule has 0 fully saturated rings. The molecular weight excluding hydrogens is 368 g/mol. The third-order valence-electron chi connectivity index (χ3n) is 3.69. The van der Waals surface area contributed by atoms with Crippen LogP contribution < -0.4 is 4.74 Å². The van der Waals surface area contributed by atoms with Gasteiger partial charge >= 0.3 is 0 Å². The fraction of sp³-hybridized carbons (Fsp3) is 0.211. The molecule has 0 saturated carbocycles. The van der Waals surface area contributed by atoms with Gasteiger partial charge in [-0.15, -0.1) is 0 Å². The Hall–Kier alpha value is -2.44. The normalized spacial score (nSPS) is 11.2. The topological polar surface area (TPSA) is 55.2 Å². The van der Waals surface area contributed by atoms with Crippen molar-refractivity contribution < 1.29 is 4.74 Å².